The van der Waals surface area contributed by atoms with Crippen LogP contribution in [0.5, 0.6) is 0 Å². The molecule has 7 aromatic carbocycles. The van der Waals surface area contributed by atoms with Crippen LogP contribution in [-0.4, -0.2) is 0 Å². The highest BCUT2D eigenvalue weighted by molar-refractivity contribution is 6.17. The van der Waals surface area contributed by atoms with Gasteiger partial charge in [0.05, 0.1) is 0 Å². The molecule has 1 aromatic heterocycles. The molecule has 0 bridgehead atoms. The number of hydrogen-bond donors (Lipinski definition) is 0. The molecule has 1 aliphatic carbocycles. The lowest BCUT2D eigenvalue weighted by Crippen LogP contribution is -2.15. The molecule has 0 saturated carbocycles. The first kappa shape index (κ1) is 27.5. The number of nitrogens with zero attached hydrogens (tertiary/aromatic N) is 1. The van der Waals surface area contributed by atoms with Gasteiger partial charge < -0.3 is 9.32 Å². The van der Waals surface area contributed by atoms with Gasteiger partial charge in [0, 0.05) is 38.8 Å². The third-order valence-electron chi connectivity index (χ3n) is 9.83. The molecule has 9 rings (SSSR count). The van der Waals surface area contributed by atoms with Crippen LogP contribution in [0, 0.1) is 0 Å². The number of furan rings is 1. The van der Waals surface area contributed by atoms with Gasteiger partial charge in [0.2, 0.25) is 0 Å². The van der Waals surface area contributed by atoms with E-state index < -0.39 is 0 Å². The Morgan fingerprint density at radius 1 is 0.447 bits per heavy atom. The molecule has 224 valence electrons. The van der Waals surface area contributed by atoms with Crippen molar-refractivity contribution in [2.75, 3.05) is 4.90 Å². The largest absolute Gasteiger partial charge is 0.456 e. The Labute approximate surface area is 275 Å². The van der Waals surface area contributed by atoms with Gasteiger partial charge in [-0.2, -0.15) is 0 Å². The van der Waals surface area contributed by atoms with E-state index in [1.54, 1.807) is 0 Å². The van der Waals surface area contributed by atoms with Crippen LogP contribution in [0.2, 0.25) is 0 Å². The molecule has 2 nitrogen and oxygen atoms in total. The van der Waals surface area contributed by atoms with E-state index in [2.05, 4.69) is 183 Å². The summed E-state index contributed by atoms with van der Waals surface area (Å²) in [5, 5.41) is 2.32. The maximum Gasteiger partial charge on any atom is 0.136 e. The number of benzene rings is 7. The van der Waals surface area contributed by atoms with E-state index in [1.807, 2.05) is 0 Å². The van der Waals surface area contributed by atoms with Crippen molar-refractivity contribution >= 4 is 39.0 Å². The lowest BCUT2D eigenvalue weighted by Gasteiger charge is -2.27. The number of para-hydroxylation sites is 2. The fourth-order valence-electron chi connectivity index (χ4n) is 7.60. The Bertz CT molecular complexity index is 2420. The highest BCUT2D eigenvalue weighted by Crippen LogP contribution is 2.56. The van der Waals surface area contributed by atoms with Gasteiger partial charge in [0.1, 0.15) is 11.2 Å². The molecular weight excluding hydrogens is 571 g/mol. The molecule has 0 spiro atoms. The zero-order chi connectivity index (χ0) is 31.5. The molecule has 1 heterocycles. The second-order valence-corrected chi connectivity index (χ2v) is 13.0. The molecular formula is C45H33NO. The number of anilines is 3. The van der Waals surface area contributed by atoms with Crippen molar-refractivity contribution in [3.8, 4) is 33.4 Å². The van der Waals surface area contributed by atoms with Gasteiger partial charge in [0.25, 0.3) is 0 Å². The van der Waals surface area contributed by atoms with E-state index in [0.717, 1.165) is 33.6 Å². The third-order valence-corrected chi connectivity index (χ3v) is 9.83. The van der Waals surface area contributed by atoms with E-state index in [-0.39, 0.29) is 5.41 Å². The van der Waals surface area contributed by atoms with Gasteiger partial charge in [-0.05, 0) is 87.5 Å². The molecule has 8 aromatic rings. The third kappa shape index (κ3) is 4.33. The zero-order valence-electron chi connectivity index (χ0n) is 26.4. The molecule has 0 unspecified atom stereocenters. The van der Waals surface area contributed by atoms with Crippen LogP contribution in [0.25, 0.3) is 55.3 Å². The lowest BCUT2D eigenvalue weighted by molar-refractivity contribution is 0.647. The average molecular weight is 604 g/mol. The summed E-state index contributed by atoms with van der Waals surface area (Å²) in [4.78, 5) is 2.38. The van der Waals surface area contributed by atoms with Gasteiger partial charge >= 0.3 is 0 Å². The Hall–Kier alpha value is -5.86. The molecule has 0 fully saturated rings. The molecule has 0 aliphatic heterocycles. The molecule has 0 saturated heterocycles. The number of fused-ring (bicyclic) bond motifs is 6. The number of hydrogen-bond acceptors (Lipinski definition) is 2. The predicted molar refractivity (Wildman–Crippen MR) is 197 cm³/mol. The lowest BCUT2D eigenvalue weighted by atomic mass is 9.81. The first-order valence-corrected chi connectivity index (χ1v) is 16.3. The van der Waals surface area contributed by atoms with Crippen molar-refractivity contribution < 1.29 is 4.42 Å². The van der Waals surface area contributed by atoms with Crippen LogP contribution in [-0.2, 0) is 5.41 Å². The van der Waals surface area contributed by atoms with Gasteiger partial charge in [0.15, 0.2) is 0 Å². The SMILES string of the molecule is CC1(C)c2ccc(N(c3ccccc3)c3cccc(-c4ccccc4)c3)cc2-c2c1cc1oc3ccccc3c1c2-c1ccccc1. The van der Waals surface area contributed by atoms with Crippen molar-refractivity contribution in [1.29, 1.82) is 0 Å². The summed E-state index contributed by atoms with van der Waals surface area (Å²) in [5.41, 5.74) is 15.1. The fourth-order valence-corrected chi connectivity index (χ4v) is 7.60. The van der Waals surface area contributed by atoms with Crippen LogP contribution in [0.3, 0.4) is 0 Å². The van der Waals surface area contributed by atoms with Crippen molar-refractivity contribution in [3.63, 3.8) is 0 Å². The van der Waals surface area contributed by atoms with Gasteiger partial charge in [-0.25, -0.2) is 0 Å². The Morgan fingerprint density at radius 2 is 1.06 bits per heavy atom. The van der Waals surface area contributed by atoms with Crippen LogP contribution >= 0.6 is 0 Å². The Kier molecular flexibility index (Phi) is 6.20. The molecule has 47 heavy (non-hydrogen) atoms. The number of rotatable bonds is 5. The van der Waals surface area contributed by atoms with E-state index >= 15 is 0 Å². The van der Waals surface area contributed by atoms with Crippen molar-refractivity contribution in [2.24, 2.45) is 0 Å². The second kappa shape index (κ2) is 10.6. The molecule has 0 radical (unpaired) electrons. The molecule has 0 amide bonds. The first-order valence-electron chi connectivity index (χ1n) is 16.3. The van der Waals surface area contributed by atoms with Crippen LogP contribution in [0.1, 0.15) is 25.0 Å². The van der Waals surface area contributed by atoms with E-state index in [0.29, 0.717) is 0 Å². The summed E-state index contributed by atoms with van der Waals surface area (Å²) >= 11 is 0. The highest BCUT2D eigenvalue weighted by Gasteiger charge is 2.39. The smallest absolute Gasteiger partial charge is 0.136 e. The minimum Gasteiger partial charge on any atom is -0.456 e. The monoisotopic (exact) mass is 603 g/mol. The summed E-state index contributed by atoms with van der Waals surface area (Å²) in [6, 6.07) is 58.8. The normalized spacial score (nSPS) is 13.1. The van der Waals surface area contributed by atoms with Crippen LogP contribution in [0.4, 0.5) is 17.1 Å². The molecule has 0 N–H and O–H groups in total. The van der Waals surface area contributed by atoms with E-state index in [9.17, 15) is 0 Å². The van der Waals surface area contributed by atoms with Crippen molar-refractivity contribution in [1.82, 2.24) is 0 Å². The minimum absolute atomic E-state index is 0.204. The minimum atomic E-state index is -0.204. The van der Waals surface area contributed by atoms with Crippen LogP contribution in [0.15, 0.2) is 168 Å². The second-order valence-electron chi connectivity index (χ2n) is 13.0. The van der Waals surface area contributed by atoms with Gasteiger partial charge in [-0.3, -0.25) is 0 Å². The highest BCUT2D eigenvalue weighted by atomic mass is 16.3. The quantitative estimate of drug-likeness (QED) is 0.195. The maximum absolute atomic E-state index is 6.55. The van der Waals surface area contributed by atoms with Gasteiger partial charge in [-0.15, -0.1) is 0 Å². The Morgan fingerprint density at radius 3 is 1.83 bits per heavy atom. The summed E-state index contributed by atoms with van der Waals surface area (Å²) in [6.45, 7) is 4.69. The maximum atomic E-state index is 6.55. The molecule has 2 heteroatoms. The molecule has 1 aliphatic rings. The summed E-state index contributed by atoms with van der Waals surface area (Å²) in [5.74, 6) is 0. The first-order chi connectivity index (χ1) is 23.1. The van der Waals surface area contributed by atoms with Gasteiger partial charge in [-0.1, -0.05) is 129 Å². The zero-order valence-corrected chi connectivity index (χ0v) is 26.4. The van der Waals surface area contributed by atoms with Crippen molar-refractivity contribution in [3.05, 3.63) is 175 Å². The fraction of sp³-hybridized carbons (Fsp3) is 0.0667. The standard InChI is InChI=1S/C45H33NO/c1-45(2)38-26-25-35(46(33-20-10-5-11-21-33)34-22-14-19-32(27-34)30-15-6-3-7-16-30)28-37(38)43-39(45)29-41-44(36-23-12-13-24-40(36)47-41)42(43)31-17-8-4-9-18-31/h3-29H,1-2H3. The van der Waals surface area contributed by atoms with Crippen molar-refractivity contribution in [2.45, 2.75) is 19.3 Å². The molecule has 0 atom stereocenters. The predicted octanol–water partition coefficient (Wildman–Crippen LogP) is 12.7. The summed E-state index contributed by atoms with van der Waals surface area (Å²) in [6.07, 6.45) is 0. The summed E-state index contributed by atoms with van der Waals surface area (Å²) < 4.78 is 6.55. The average Bonchev–Trinajstić information content (AvgIpc) is 3.60. The van der Waals surface area contributed by atoms with E-state index in [4.69, 9.17) is 4.42 Å². The van der Waals surface area contributed by atoms with Crippen LogP contribution < -0.4 is 4.90 Å². The topological polar surface area (TPSA) is 16.4 Å². The van der Waals surface area contributed by atoms with E-state index in [1.165, 1.54) is 49.9 Å². The Balaban J connectivity index is 1.32. The summed E-state index contributed by atoms with van der Waals surface area (Å²) in [7, 11) is 0.